The first-order valence-corrected chi connectivity index (χ1v) is 7.21. The van der Waals surface area contributed by atoms with E-state index in [-0.39, 0.29) is 11.0 Å². The number of rotatable bonds is 2. The number of benzene rings is 2. The molecule has 0 saturated heterocycles. The van der Waals surface area contributed by atoms with E-state index in [2.05, 4.69) is 0 Å². The Morgan fingerprint density at radius 3 is 2.52 bits per heavy atom. The van der Waals surface area contributed by atoms with Crippen molar-refractivity contribution < 1.29 is 15.0 Å². The maximum Gasteiger partial charge on any atom is 0.335 e. The van der Waals surface area contributed by atoms with Crippen LogP contribution >= 0.6 is 11.3 Å². The molecular weight excluding hydrogens is 288 g/mol. The van der Waals surface area contributed by atoms with Gasteiger partial charge in [-0.1, -0.05) is 6.07 Å². The Kier molecular flexibility index (Phi) is 3.23. The van der Waals surface area contributed by atoms with E-state index in [0.717, 1.165) is 4.70 Å². The second-order valence-corrected chi connectivity index (χ2v) is 5.96. The highest BCUT2D eigenvalue weighted by atomic mass is 32.1. The molecule has 3 aromatic rings. The summed E-state index contributed by atoms with van der Waals surface area (Å²) >= 11 is 1.37. The topological polar surface area (TPSA) is 74.6 Å². The van der Waals surface area contributed by atoms with Crippen LogP contribution in [-0.2, 0) is 0 Å². The molecular formula is C16H12O4S. The van der Waals surface area contributed by atoms with Crippen LogP contribution in [0.25, 0.3) is 20.2 Å². The molecule has 0 aliphatic heterocycles. The zero-order valence-electron chi connectivity index (χ0n) is 11.2. The highest BCUT2D eigenvalue weighted by Gasteiger charge is 2.11. The first-order valence-electron chi connectivity index (χ1n) is 6.39. The second kappa shape index (κ2) is 4.95. The largest absolute Gasteiger partial charge is 0.478 e. The molecule has 106 valence electrons. The summed E-state index contributed by atoms with van der Waals surface area (Å²) in [6.45, 7) is 1.65. The van der Waals surface area contributed by atoms with Crippen molar-refractivity contribution in [2.24, 2.45) is 0 Å². The molecule has 1 heterocycles. The lowest BCUT2D eigenvalue weighted by Crippen LogP contribution is -2.04. The average molecular weight is 300 g/mol. The minimum Gasteiger partial charge on any atom is -0.478 e. The molecule has 0 bridgehead atoms. The summed E-state index contributed by atoms with van der Waals surface area (Å²) in [5, 5.41) is 19.7. The maximum atomic E-state index is 12.5. The van der Waals surface area contributed by atoms with Crippen molar-refractivity contribution >= 4 is 37.5 Å². The van der Waals surface area contributed by atoms with E-state index in [1.54, 1.807) is 31.2 Å². The molecule has 3 rings (SSSR count). The van der Waals surface area contributed by atoms with E-state index >= 15 is 0 Å². The lowest BCUT2D eigenvalue weighted by molar-refractivity contribution is 0.0697. The van der Waals surface area contributed by atoms with Crippen LogP contribution in [0.1, 0.15) is 28.9 Å². The first kappa shape index (κ1) is 13.7. The minimum absolute atomic E-state index is 0.141. The minimum atomic E-state index is -1.01. The molecule has 0 radical (unpaired) electrons. The fraction of sp³-hybridized carbons (Fsp3) is 0.125. The lowest BCUT2D eigenvalue weighted by Gasteiger charge is -2.07. The Bertz CT molecular complexity index is 925. The van der Waals surface area contributed by atoms with Crippen LogP contribution in [-0.4, -0.2) is 16.2 Å². The van der Waals surface area contributed by atoms with E-state index < -0.39 is 12.1 Å². The summed E-state index contributed by atoms with van der Waals surface area (Å²) < 4.78 is 1.43. The predicted molar refractivity (Wildman–Crippen MR) is 83.2 cm³/mol. The van der Waals surface area contributed by atoms with Gasteiger partial charge in [-0.15, -0.1) is 11.3 Å². The van der Waals surface area contributed by atoms with Crippen LogP contribution in [0.5, 0.6) is 0 Å². The summed E-state index contributed by atoms with van der Waals surface area (Å²) in [6.07, 6.45) is -0.635. The molecule has 0 saturated carbocycles. The fourth-order valence-corrected chi connectivity index (χ4v) is 3.36. The molecule has 4 nitrogen and oxygen atoms in total. The van der Waals surface area contributed by atoms with Gasteiger partial charge in [0.1, 0.15) is 0 Å². The molecule has 1 atom stereocenters. The van der Waals surface area contributed by atoms with Crippen molar-refractivity contribution in [3.63, 3.8) is 0 Å². The molecule has 1 unspecified atom stereocenters. The lowest BCUT2D eigenvalue weighted by atomic mass is 10.1. The summed E-state index contributed by atoms with van der Waals surface area (Å²) in [5.74, 6) is -1.01. The second-order valence-electron chi connectivity index (χ2n) is 4.88. The van der Waals surface area contributed by atoms with E-state index in [1.807, 2.05) is 0 Å². The van der Waals surface area contributed by atoms with Crippen molar-refractivity contribution in [3.8, 4) is 0 Å². The number of aromatic carboxylic acids is 1. The van der Waals surface area contributed by atoms with Crippen molar-refractivity contribution in [1.82, 2.24) is 0 Å². The SMILES string of the molecule is CC(O)c1ccc2sc3cc(C(=O)O)ccc3c(=O)c2c1. The zero-order valence-corrected chi connectivity index (χ0v) is 12.0. The summed E-state index contributed by atoms with van der Waals surface area (Å²) in [6, 6.07) is 9.76. The quantitative estimate of drug-likeness (QED) is 0.713. The first-order chi connectivity index (χ1) is 9.97. The van der Waals surface area contributed by atoms with Crippen molar-refractivity contribution in [1.29, 1.82) is 0 Å². The monoisotopic (exact) mass is 300 g/mol. The number of fused-ring (bicyclic) bond motifs is 2. The number of carbonyl (C=O) groups is 1. The van der Waals surface area contributed by atoms with Gasteiger partial charge in [-0.2, -0.15) is 0 Å². The third-order valence-corrected chi connectivity index (χ3v) is 4.56. The molecule has 1 aromatic heterocycles. The Labute approximate surface area is 123 Å². The van der Waals surface area contributed by atoms with E-state index in [1.165, 1.54) is 23.5 Å². The van der Waals surface area contributed by atoms with E-state index in [4.69, 9.17) is 5.11 Å². The number of aliphatic hydroxyl groups excluding tert-OH is 1. The van der Waals surface area contributed by atoms with Gasteiger partial charge in [0.25, 0.3) is 0 Å². The third kappa shape index (κ3) is 2.30. The molecule has 2 N–H and O–H groups in total. The van der Waals surface area contributed by atoms with Crippen molar-refractivity contribution in [2.75, 3.05) is 0 Å². The van der Waals surface area contributed by atoms with Gasteiger partial charge in [0.05, 0.1) is 11.7 Å². The molecule has 0 spiro atoms. The van der Waals surface area contributed by atoms with Gasteiger partial charge in [0, 0.05) is 20.2 Å². The Morgan fingerprint density at radius 1 is 1.10 bits per heavy atom. The molecule has 2 aromatic carbocycles. The van der Waals surface area contributed by atoms with Crippen LogP contribution in [0.4, 0.5) is 0 Å². The van der Waals surface area contributed by atoms with E-state index in [0.29, 0.717) is 21.0 Å². The molecule has 0 fully saturated rings. The zero-order chi connectivity index (χ0) is 15.1. The molecule has 0 amide bonds. The smallest absolute Gasteiger partial charge is 0.335 e. The Morgan fingerprint density at radius 2 is 1.86 bits per heavy atom. The predicted octanol–water partition coefficient (Wildman–Crippen LogP) is 3.17. The number of carboxylic acids is 1. The van der Waals surface area contributed by atoms with Crippen LogP contribution in [0.15, 0.2) is 41.2 Å². The average Bonchev–Trinajstić information content (AvgIpc) is 2.46. The van der Waals surface area contributed by atoms with Crippen LogP contribution < -0.4 is 5.43 Å². The van der Waals surface area contributed by atoms with Gasteiger partial charge in [-0.3, -0.25) is 4.79 Å². The van der Waals surface area contributed by atoms with Crippen molar-refractivity contribution in [2.45, 2.75) is 13.0 Å². The van der Waals surface area contributed by atoms with Gasteiger partial charge in [0.15, 0.2) is 5.43 Å². The number of hydrogen-bond acceptors (Lipinski definition) is 4. The number of hydrogen-bond donors (Lipinski definition) is 2. The van der Waals surface area contributed by atoms with Gasteiger partial charge < -0.3 is 10.2 Å². The molecule has 5 heteroatoms. The van der Waals surface area contributed by atoms with Crippen molar-refractivity contribution in [3.05, 3.63) is 57.7 Å². The van der Waals surface area contributed by atoms with Gasteiger partial charge in [0.2, 0.25) is 0 Å². The number of aliphatic hydroxyl groups is 1. The Balaban J connectivity index is 2.37. The normalized spacial score (nSPS) is 12.7. The van der Waals surface area contributed by atoms with Crippen LogP contribution in [0, 0.1) is 0 Å². The molecule has 0 aliphatic carbocycles. The highest BCUT2D eigenvalue weighted by Crippen LogP contribution is 2.27. The number of carboxylic acid groups (broad SMARTS) is 1. The van der Waals surface area contributed by atoms with Crippen LogP contribution in [0.2, 0.25) is 0 Å². The molecule has 21 heavy (non-hydrogen) atoms. The Hall–Kier alpha value is -2.24. The summed E-state index contributed by atoms with van der Waals surface area (Å²) in [7, 11) is 0. The molecule has 0 aliphatic rings. The van der Waals surface area contributed by atoms with Gasteiger partial charge >= 0.3 is 5.97 Å². The highest BCUT2D eigenvalue weighted by molar-refractivity contribution is 7.24. The summed E-state index contributed by atoms with van der Waals surface area (Å²) in [4.78, 5) is 23.5. The fourth-order valence-electron chi connectivity index (χ4n) is 2.26. The summed E-state index contributed by atoms with van der Waals surface area (Å²) in [5.41, 5.74) is 0.713. The van der Waals surface area contributed by atoms with Gasteiger partial charge in [-0.25, -0.2) is 4.79 Å². The maximum absolute atomic E-state index is 12.5. The van der Waals surface area contributed by atoms with E-state index in [9.17, 15) is 14.7 Å². The van der Waals surface area contributed by atoms with Gasteiger partial charge in [-0.05, 0) is 42.8 Å². The van der Waals surface area contributed by atoms with Crippen LogP contribution in [0.3, 0.4) is 0 Å². The third-order valence-electron chi connectivity index (χ3n) is 3.42. The standard InChI is InChI=1S/C16H12O4S/c1-8(17)9-3-5-13-12(6-9)15(18)11-4-2-10(16(19)20)7-14(11)21-13/h2-8,17H,1H3,(H,19,20).